The minimum Gasteiger partial charge on any atom is -0.310 e. The average molecular weight is 322 g/mol. The number of carbonyl (C=O) groups excluding carboxylic acids is 1. The molecule has 1 saturated heterocycles. The second-order valence-electron chi connectivity index (χ2n) is 6.83. The van der Waals surface area contributed by atoms with Crippen molar-refractivity contribution >= 4 is 11.6 Å². The van der Waals surface area contributed by atoms with Crippen molar-refractivity contribution in [3.63, 3.8) is 0 Å². The molecule has 2 aromatic rings. The summed E-state index contributed by atoms with van der Waals surface area (Å²) < 4.78 is 0. The van der Waals surface area contributed by atoms with Gasteiger partial charge in [0.05, 0.1) is 6.04 Å². The number of anilines is 1. The highest BCUT2D eigenvalue weighted by atomic mass is 16.2. The van der Waals surface area contributed by atoms with Crippen LogP contribution in [-0.4, -0.2) is 29.9 Å². The highest BCUT2D eigenvalue weighted by Crippen LogP contribution is 2.24. The molecular formula is C21H26N2O. The van der Waals surface area contributed by atoms with Crippen molar-refractivity contribution in [1.82, 2.24) is 4.90 Å². The Morgan fingerprint density at radius 3 is 2.42 bits per heavy atom. The van der Waals surface area contributed by atoms with Crippen LogP contribution >= 0.6 is 0 Å². The monoisotopic (exact) mass is 322 g/mol. The van der Waals surface area contributed by atoms with Crippen molar-refractivity contribution < 1.29 is 4.79 Å². The fourth-order valence-electron chi connectivity index (χ4n) is 3.29. The van der Waals surface area contributed by atoms with Crippen molar-refractivity contribution in [1.29, 1.82) is 0 Å². The third-order valence-electron chi connectivity index (χ3n) is 5.22. The summed E-state index contributed by atoms with van der Waals surface area (Å²) in [5, 5.41) is 0. The second-order valence-corrected chi connectivity index (χ2v) is 6.83. The Balaban J connectivity index is 1.76. The van der Waals surface area contributed by atoms with Gasteiger partial charge in [0.15, 0.2) is 0 Å². The van der Waals surface area contributed by atoms with E-state index in [1.807, 2.05) is 11.8 Å². The third-order valence-corrected chi connectivity index (χ3v) is 5.22. The third kappa shape index (κ3) is 3.22. The Labute approximate surface area is 144 Å². The van der Waals surface area contributed by atoms with Crippen molar-refractivity contribution in [2.75, 3.05) is 18.0 Å². The molecule has 1 fully saturated rings. The molecule has 3 heteroatoms. The number of nitrogens with zero attached hydrogens (tertiary/aromatic N) is 2. The number of benzene rings is 2. The Bertz CT molecular complexity index is 753. The molecule has 3 nitrogen and oxygen atoms in total. The van der Waals surface area contributed by atoms with Crippen LogP contribution < -0.4 is 4.90 Å². The minimum atomic E-state index is -0.0973. The topological polar surface area (TPSA) is 23.6 Å². The second kappa shape index (κ2) is 6.78. The van der Waals surface area contributed by atoms with Crippen molar-refractivity contribution in [2.45, 2.75) is 40.3 Å². The van der Waals surface area contributed by atoms with Crippen LogP contribution in [0.2, 0.25) is 0 Å². The minimum absolute atomic E-state index is 0.0973. The first-order valence-electron chi connectivity index (χ1n) is 8.64. The summed E-state index contributed by atoms with van der Waals surface area (Å²) in [6, 6.07) is 14.6. The molecule has 24 heavy (non-hydrogen) atoms. The molecule has 2 aromatic carbocycles. The van der Waals surface area contributed by atoms with E-state index in [-0.39, 0.29) is 11.9 Å². The van der Waals surface area contributed by atoms with E-state index in [1.165, 1.54) is 22.3 Å². The van der Waals surface area contributed by atoms with Gasteiger partial charge in [-0.15, -0.1) is 0 Å². The molecular weight excluding hydrogens is 296 g/mol. The fraction of sp³-hybridized carbons (Fsp3) is 0.381. The lowest BCUT2D eigenvalue weighted by Crippen LogP contribution is -2.55. The molecule has 1 aliphatic rings. The average Bonchev–Trinajstić information content (AvgIpc) is 2.57. The van der Waals surface area contributed by atoms with E-state index < -0.39 is 0 Å². The zero-order valence-electron chi connectivity index (χ0n) is 15.0. The molecule has 0 N–H and O–H groups in total. The van der Waals surface area contributed by atoms with Crippen LogP contribution in [0.3, 0.4) is 0 Å². The lowest BCUT2D eigenvalue weighted by molar-refractivity contribution is -0.125. The molecule has 0 bridgehead atoms. The largest absolute Gasteiger partial charge is 0.310 e. The maximum atomic E-state index is 12.9. The number of carbonyl (C=O) groups is 1. The van der Waals surface area contributed by atoms with E-state index in [0.717, 1.165) is 25.3 Å². The fourth-order valence-corrected chi connectivity index (χ4v) is 3.29. The lowest BCUT2D eigenvalue weighted by atomic mass is 10.0. The predicted molar refractivity (Wildman–Crippen MR) is 99.3 cm³/mol. The van der Waals surface area contributed by atoms with E-state index in [2.05, 4.69) is 68.1 Å². The van der Waals surface area contributed by atoms with Crippen LogP contribution in [-0.2, 0) is 11.3 Å². The first kappa shape index (κ1) is 16.7. The van der Waals surface area contributed by atoms with Crippen LogP contribution in [0.15, 0.2) is 42.5 Å². The molecule has 1 amide bonds. The van der Waals surface area contributed by atoms with Crippen LogP contribution in [0.25, 0.3) is 0 Å². The molecule has 0 unspecified atom stereocenters. The quantitative estimate of drug-likeness (QED) is 0.857. The van der Waals surface area contributed by atoms with Crippen LogP contribution in [0.1, 0.15) is 29.2 Å². The van der Waals surface area contributed by atoms with Crippen LogP contribution in [0.5, 0.6) is 0 Å². The molecule has 0 aliphatic carbocycles. The normalized spacial score (nSPS) is 18.9. The maximum absolute atomic E-state index is 12.9. The summed E-state index contributed by atoms with van der Waals surface area (Å²) in [5.41, 5.74) is 6.10. The summed E-state index contributed by atoms with van der Waals surface area (Å²) in [5.74, 6) is 0.193. The van der Waals surface area contributed by atoms with Gasteiger partial charge >= 0.3 is 0 Å². The molecule has 126 valence electrons. The Kier molecular flexibility index (Phi) is 4.72. The molecule has 1 heterocycles. The summed E-state index contributed by atoms with van der Waals surface area (Å²) >= 11 is 0. The number of amides is 1. The van der Waals surface area contributed by atoms with Gasteiger partial charge in [-0.1, -0.05) is 30.3 Å². The van der Waals surface area contributed by atoms with Gasteiger partial charge in [-0.25, -0.2) is 0 Å². The van der Waals surface area contributed by atoms with E-state index in [0.29, 0.717) is 0 Å². The van der Waals surface area contributed by atoms with Gasteiger partial charge in [-0.05, 0) is 62.1 Å². The van der Waals surface area contributed by atoms with Gasteiger partial charge in [0, 0.05) is 25.3 Å². The standard InChI is InChI=1S/C21H26N2O/c1-15-9-10-20(13-17(15)3)23-12-11-22(18(4)21(23)24)14-19-8-6-5-7-16(19)2/h5-10,13,18H,11-12,14H2,1-4H3/t18-/m0/s1. The highest BCUT2D eigenvalue weighted by Gasteiger charge is 2.32. The van der Waals surface area contributed by atoms with Gasteiger partial charge < -0.3 is 4.90 Å². The zero-order chi connectivity index (χ0) is 17.3. The Hall–Kier alpha value is -2.13. The lowest BCUT2D eigenvalue weighted by Gasteiger charge is -2.39. The number of hydrogen-bond acceptors (Lipinski definition) is 2. The van der Waals surface area contributed by atoms with Crippen molar-refractivity contribution in [3.8, 4) is 0 Å². The predicted octanol–water partition coefficient (Wildman–Crippen LogP) is 3.85. The SMILES string of the molecule is Cc1ccc(N2CCN(Cc3ccccc3C)[C@@H](C)C2=O)cc1C. The Morgan fingerprint density at radius 2 is 1.71 bits per heavy atom. The summed E-state index contributed by atoms with van der Waals surface area (Å²) in [6.45, 7) is 10.8. The number of rotatable bonds is 3. The molecule has 1 atom stereocenters. The summed E-state index contributed by atoms with van der Waals surface area (Å²) in [6.07, 6.45) is 0. The maximum Gasteiger partial charge on any atom is 0.244 e. The highest BCUT2D eigenvalue weighted by molar-refractivity contribution is 5.97. The van der Waals surface area contributed by atoms with Gasteiger partial charge in [0.25, 0.3) is 0 Å². The number of piperazine rings is 1. The first-order chi connectivity index (χ1) is 11.5. The van der Waals surface area contributed by atoms with Crippen LogP contribution in [0, 0.1) is 20.8 Å². The smallest absolute Gasteiger partial charge is 0.244 e. The van der Waals surface area contributed by atoms with Crippen LogP contribution in [0.4, 0.5) is 5.69 Å². The molecule has 0 spiro atoms. The zero-order valence-corrected chi connectivity index (χ0v) is 15.0. The van der Waals surface area contributed by atoms with E-state index in [9.17, 15) is 4.79 Å². The van der Waals surface area contributed by atoms with Gasteiger partial charge in [0.2, 0.25) is 5.91 Å². The number of aryl methyl sites for hydroxylation is 3. The van der Waals surface area contributed by atoms with E-state index >= 15 is 0 Å². The summed E-state index contributed by atoms with van der Waals surface area (Å²) in [7, 11) is 0. The van der Waals surface area contributed by atoms with Gasteiger partial charge in [-0.3, -0.25) is 9.69 Å². The van der Waals surface area contributed by atoms with Crippen molar-refractivity contribution in [3.05, 3.63) is 64.7 Å². The molecule has 0 aromatic heterocycles. The first-order valence-corrected chi connectivity index (χ1v) is 8.64. The molecule has 1 aliphatic heterocycles. The van der Waals surface area contributed by atoms with Gasteiger partial charge in [-0.2, -0.15) is 0 Å². The van der Waals surface area contributed by atoms with E-state index in [4.69, 9.17) is 0 Å². The molecule has 0 radical (unpaired) electrons. The molecule has 3 rings (SSSR count). The van der Waals surface area contributed by atoms with Gasteiger partial charge in [0.1, 0.15) is 0 Å². The number of hydrogen-bond donors (Lipinski definition) is 0. The molecule has 0 saturated carbocycles. The Morgan fingerprint density at radius 1 is 0.958 bits per heavy atom. The van der Waals surface area contributed by atoms with E-state index in [1.54, 1.807) is 0 Å². The summed E-state index contributed by atoms with van der Waals surface area (Å²) in [4.78, 5) is 17.1. The van der Waals surface area contributed by atoms with Crippen molar-refractivity contribution in [2.24, 2.45) is 0 Å².